The summed E-state index contributed by atoms with van der Waals surface area (Å²) in [5, 5.41) is 7.04. The fourth-order valence-electron chi connectivity index (χ4n) is 1.83. The van der Waals surface area contributed by atoms with Gasteiger partial charge in [-0.25, -0.2) is 4.39 Å². The highest BCUT2D eigenvalue weighted by Crippen LogP contribution is 2.09. The standard InChI is InChI=1S/C17H16ClFN2O2/c18-15-6-4-13(5-7-15)8-9-20-17(22)12-23-21-11-14-2-1-3-16(19)10-14/h1-7,10-11H,8-9,12H2,(H,20,22)/b21-11-. The lowest BCUT2D eigenvalue weighted by atomic mass is 10.1. The molecule has 0 saturated heterocycles. The molecule has 0 aliphatic rings. The fourth-order valence-corrected chi connectivity index (χ4v) is 1.96. The Labute approximate surface area is 138 Å². The second-order valence-corrected chi connectivity index (χ2v) is 5.23. The van der Waals surface area contributed by atoms with Crippen LogP contribution in [-0.4, -0.2) is 25.3 Å². The number of oxime groups is 1. The van der Waals surface area contributed by atoms with Gasteiger partial charge in [0, 0.05) is 11.6 Å². The lowest BCUT2D eigenvalue weighted by Crippen LogP contribution is -2.28. The summed E-state index contributed by atoms with van der Waals surface area (Å²) in [6.45, 7) is 0.309. The molecule has 6 heteroatoms. The molecular formula is C17H16ClFN2O2. The molecule has 0 saturated carbocycles. The quantitative estimate of drug-likeness (QED) is 0.624. The van der Waals surface area contributed by atoms with Gasteiger partial charge in [0.2, 0.25) is 0 Å². The van der Waals surface area contributed by atoms with E-state index in [1.807, 2.05) is 24.3 Å². The first-order valence-electron chi connectivity index (χ1n) is 7.05. The maximum atomic E-state index is 12.9. The van der Waals surface area contributed by atoms with Crippen LogP contribution in [0.5, 0.6) is 0 Å². The molecular weight excluding hydrogens is 319 g/mol. The lowest BCUT2D eigenvalue weighted by molar-refractivity contribution is -0.125. The molecule has 2 rings (SSSR count). The van der Waals surface area contributed by atoms with Crippen molar-refractivity contribution in [1.82, 2.24) is 5.32 Å². The second kappa shape index (κ2) is 8.90. The normalized spacial score (nSPS) is 10.7. The molecule has 0 aliphatic heterocycles. The zero-order chi connectivity index (χ0) is 16.5. The maximum absolute atomic E-state index is 12.9. The molecule has 2 aromatic carbocycles. The van der Waals surface area contributed by atoms with Gasteiger partial charge in [-0.15, -0.1) is 0 Å². The molecule has 2 aromatic rings. The Morgan fingerprint density at radius 2 is 2.04 bits per heavy atom. The topological polar surface area (TPSA) is 50.7 Å². The first-order valence-corrected chi connectivity index (χ1v) is 7.43. The summed E-state index contributed by atoms with van der Waals surface area (Å²) in [5.41, 5.74) is 1.65. The Bertz CT molecular complexity index is 675. The average Bonchev–Trinajstić information content (AvgIpc) is 2.54. The highest BCUT2D eigenvalue weighted by molar-refractivity contribution is 6.30. The maximum Gasteiger partial charge on any atom is 0.260 e. The summed E-state index contributed by atoms with van der Waals surface area (Å²) >= 11 is 5.80. The van der Waals surface area contributed by atoms with Crippen molar-refractivity contribution in [3.05, 3.63) is 70.5 Å². The van der Waals surface area contributed by atoms with E-state index in [-0.39, 0.29) is 18.3 Å². The summed E-state index contributed by atoms with van der Waals surface area (Å²) in [5.74, 6) is -0.621. The Balaban J connectivity index is 1.64. The summed E-state index contributed by atoms with van der Waals surface area (Å²) in [7, 11) is 0. The molecule has 1 N–H and O–H groups in total. The molecule has 23 heavy (non-hydrogen) atoms. The predicted octanol–water partition coefficient (Wildman–Crippen LogP) is 3.19. The molecule has 0 aromatic heterocycles. The van der Waals surface area contributed by atoms with E-state index in [0.29, 0.717) is 23.6 Å². The number of halogens is 2. The molecule has 1 amide bonds. The highest BCUT2D eigenvalue weighted by Gasteiger charge is 2.01. The van der Waals surface area contributed by atoms with E-state index in [2.05, 4.69) is 10.5 Å². The van der Waals surface area contributed by atoms with Crippen LogP contribution in [0.3, 0.4) is 0 Å². The number of nitrogens with one attached hydrogen (secondary N) is 1. The van der Waals surface area contributed by atoms with E-state index in [0.717, 1.165) is 5.56 Å². The molecule has 0 heterocycles. The average molecular weight is 335 g/mol. The number of carbonyl (C=O) groups excluding carboxylic acids is 1. The van der Waals surface area contributed by atoms with Gasteiger partial charge in [0.15, 0.2) is 6.61 Å². The second-order valence-electron chi connectivity index (χ2n) is 4.79. The van der Waals surface area contributed by atoms with Gasteiger partial charge in [0.1, 0.15) is 5.82 Å². The molecule has 0 unspecified atom stereocenters. The predicted molar refractivity (Wildman–Crippen MR) is 88.1 cm³/mol. The number of nitrogens with zero attached hydrogens (tertiary/aromatic N) is 1. The first kappa shape index (κ1) is 17.0. The molecule has 0 radical (unpaired) electrons. The van der Waals surface area contributed by atoms with E-state index < -0.39 is 0 Å². The SMILES string of the molecule is O=C(CO/N=C\c1cccc(F)c1)NCCc1ccc(Cl)cc1. The van der Waals surface area contributed by atoms with Crippen molar-refractivity contribution in [2.45, 2.75) is 6.42 Å². The van der Waals surface area contributed by atoms with Gasteiger partial charge in [-0.3, -0.25) is 4.79 Å². The molecule has 0 bridgehead atoms. The molecule has 0 aliphatic carbocycles. The zero-order valence-corrected chi connectivity index (χ0v) is 13.1. The highest BCUT2D eigenvalue weighted by atomic mass is 35.5. The Kier molecular flexibility index (Phi) is 6.56. The minimum Gasteiger partial charge on any atom is -0.386 e. The van der Waals surface area contributed by atoms with Crippen molar-refractivity contribution in [2.75, 3.05) is 13.2 Å². The summed E-state index contributed by atoms with van der Waals surface area (Å²) in [6, 6.07) is 13.3. The molecule has 0 spiro atoms. The molecule has 0 atom stereocenters. The molecule has 0 fully saturated rings. The van der Waals surface area contributed by atoms with Crippen LogP contribution in [0.2, 0.25) is 5.02 Å². The smallest absolute Gasteiger partial charge is 0.260 e. The van der Waals surface area contributed by atoms with Crippen molar-refractivity contribution < 1.29 is 14.0 Å². The van der Waals surface area contributed by atoms with Crippen LogP contribution in [0.25, 0.3) is 0 Å². The lowest BCUT2D eigenvalue weighted by Gasteiger charge is -2.04. The Morgan fingerprint density at radius 3 is 2.78 bits per heavy atom. The molecule has 4 nitrogen and oxygen atoms in total. The van der Waals surface area contributed by atoms with Crippen LogP contribution in [0.1, 0.15) is 11.1 Å². The van der Waals surface area contributed by atoms with Gasteiger partial charge in [0.05, 0.1) is 6.21 Å². The number of benzene rings is 2. The number of amides is 1. The van der Waals surface area contributed by atoms with Crippen LogP contribution < -0.4 is 5.32 Å². The van der Waals surface area contributed by atoms with E-state index in [1.54, 1.807) is 12.1 Å². The van der Waals surface area contributed by atoms with Crippen LogP contribution in [0.4, 0.5) is 4.39 Å². The third-order valence-electron chi connectivity index (χ3n) is 2.97. The van der Waals surface area contributed by atoms with Gasteiger partial charge in [-0.1, -0.05) is 41.0 Å². The number of carbonyl (C=O) groups is 1. The van der Waals surface area contributed by atoms with Crippen LogP contribution >= 0.6 is 11.6 Å². The summed E-state index contributed by atoms with van der Waals surface area (Å²) < 4.78 is 12.9. The van der Waals surface area contributed by atoms with Crippen LogP contribution in [-0.2, 0) is 16.1 Å². The number of hydrogen-bond acceptors (Lipinski definition) is 3. The van der Waals surface area contributed by atoms with E-state index in [9.17, 15) is 9.18 Å². The van der Waals surface area contributed by atoms with Crippen LogP contribution in [0.15, 0.2) is 53.7 Å². The van der Waals surface area contributed by atoms with Crippen LogP contribution in [0, 0.1) is 5.82 Å². The van der Waals surface area contributed by atoms with Gasteiger partial charge in [0.25, 0.3) is 5.91 Å². The third kappa shape index (κ3) is 6.48. The van der Waals surface area contributed by atoms with Crippen molar-refractivity contribution in [3.8, 4) is 0 Å². The Morgan fingerprint density at radius 1 is 1.26 bits per heavy atom. The number of hydrogen-bond donors (Lipinski definition) is 1. The Hall–Kier alpha value is -2.40. The molecule has 120 valence electrons. The van der Waals surface area contributed by atoms with Gasteiger partial charge in [-0.05, 0) is 41.8 Å². The number of rotatable bonds is 7. The summed E-state index contributed by atoms with van der Waals surface area (Å²) in [6.07, 6.45) is 2.06. The van der Waals surface area contributed by atoms with Crippen molar-refractivity contribution >= 4 is 23.7 Å². The van der Waals surface area contributed by atoms with Gasteiger partial charge in [-0.2, -0.15) is 0 Å². The monoisotopic (exact) mass is 334 g/mol. The zero-order valence-electron chi connectivity index (χ0n) is 12.3. The fraction of sp³-hybridized carbons (Fsp3) is 0.176. The largest absolute Gasteiger partial charge is 0.386 e. The van der Waals surface area contributed by atoms with Crippen molar-refractivity contribution in [3.63, 3.8) is 0 Å². The minimum absolute atomic E-state index is 0.188. The van der Waals surface area contributed by atoms with Crippen molar-refractivity contribution in [2.24, 2.45) is 5.16 Å². The van der Waals surface area contributed by atoms with E-state index in [4.69, 9.17) is 16.4 Å². The minimum atomic E-state index is -0.353. The van der Waals surface area contributed by atoms with E-state index >= 15 is 0 Å². The summed E-state index contributed by atoms with van der Waals surface area (Å²) in [4.78, 5) is 16.4. The first-order chi connectivity index (χ1) is 11.1. The van der Waals surface area contributed by atoms with Crippen molar-refractivity contribution in [1.29, 1.82) is 0 Å². The van der Waals surface area contributed by atoms with Gasteiger partial charge >= 0.3 is 0 Å². The van der Waals surface area contributed by atoms with Gasteiger partial charge < -0.3 is 10.2 Å². The van der Waals surface area contributed by atoms with E-state index in [1.165, 1.54) is 18.3 Å². The third-order valence-corrected chi connectivity index (χ3v) is 3.22.